The van der Waals surface area contributed by atoms with Crippen molar-refractivity contribution in [3.05, 3.63) is 33.0 Å². The molecule has 0 spiro atoms. The summed E-state index contributed by atoms with van der Waals surface area (Å²) in [4.78, 5) is 17.1. The number of thiophene rings is 1. The van der Waals surface area contributed by atoms with E-state index in [2.05, 4.69) is 34.9 Å². The third-order valence-corrected chi connectivity index (χ3v) is 6.36. The Labute approximate surface area is 133 Å². The van der Waals surface area contributed by atoms with Gasteiger partial charge in [0, 0.05) is 11.9 Å². The zero-order valence-electron chi connectivity index (χ0n) is 12.7. The Morgan fingerprint density at radius 2 is 2.19 bits per heavy atom. The lowest BCUT2D eigenvalue weighted by Gasteiger charge is -2.25. The van der Waals surface area contributed by atoms with E-state index in [0.717, 1.165) is 17.0 Å². The molecule has 1 atom stereocenters. The highest BCUT2D eigenvalue weighted by molar-refractivity contribution is 7.10. The summed E-state index contributed by atoms with van der Waals surface area (Å²) in [5.74, 6) is 0.211. The third-order valence-electron chi connectivity index (χ3n) is 4.52. The predicted octanol–water partition coefficient (Wildman–Crippen LogP) is 3.23. The van der Waals surface area contributed by atoms with Crippen molar-refractivity contribution in [1.82, 2.24) is 14.5 Å². The molecule has 2 aromatic heterocycles. The van der Waals surface area contributed by atoms with Crippen molar-refractivity contribution >= 4 is 28.8 Å². The number of rotatable bonds is 4. The minimum atomic E-state index is -0.345. The molecule has 0 bridgehead atoms. The second kappa shape index (κ2) is 4.88. The second-order valence-corrected chi connectivity index (χ2v) is 8.17. The molecule has 112 valence electrons. The van der Waals surface area contributed by atoms with Gasteiger partial charge in [0.2, 0.25) is 5.91 Å². The quantitative estimate of drug-likeness (QED) is 0.868. The van der Waals surface area contributed by atoms with Crippen LogP contribution in [0.5, 0.6) is 0 Å². The molecular formula is C15H19N3OS2. The fraction of sp³-hybridized carbons (Fsp3) is 0.533. The third kappa shape index (κ3) is 2.21. The Balaban J connectivity index is 1.85. The molecule has 1 fully saturated rings. The highest BCUT2D eigenvalue weighted by Gasteiger charge is 2.68. The van der Waals surface area contributed by atoms with Gasteiger partial charge in [-0.25, -0.2) is 0 Å². The Morgan fingerprint density at radius 3 is 2.67 bits per heavy atom. The summed E-state index contributed by atoms with van der Waals surface area (Å²) in [6.45, 7) is 6.88. The van der Waals surface area contributed by atoms with E-state index in [9.17, 15) is 4.79 Å². The number of hydrogen-bond donors (Lipinski definition) is 0. The number of hydrogen-bond acceptors (Lipinski definition) is 5. The lowest BCUT2D eigenvalue weighted by atomic mass is 9.92. The molecule has 21 heavy (non-hydrogen) atoms. The first-order valence-electron chi connectivity index (χ1n) is 6.96. The Kier molecular flexibility index (Phi) is 3.41. The van der Waals surface area contributed by atoms with Crippen molar-refractivity contribution < 1.29 is 4.79 Å². The first kappa shape index (κ1) is 14.7. The molecule has 6 heteroatoms. The molecule has 0 saturated heterocycles. The van der Waals surface area contributed by atoms with Crippen LogP contribution < -0.4 is 0 Å². The topological polar surface area (TPSA) is 46.1 Å². The Morgan fingerprint density at radius 1 is 1.48 bits per heavy atom. The standard InChI is InChI=1S/C15H19N3OS2/c1-10-11(21-17-16-10)8-18(4)13(19)15(9-14(15,2)3)12-6-5-7-20-12/h5-7H,8-9H2,1-4H3/t15-/m0/s1. The van der Waals surface area contributed by atoms with E-state index in [-0.39, 0.29) is 16.7 Å². The molecule has 4 nitrogen and oxygen atoms in total. The number of nitrogens with zero attached hydrogens (tertiary/aromatic N) is 3. The molecule has 2 heterocycles. The fourth-order valence-corrected chi connectivity index (χ4v) is 4.82. The lowest BCUT2D eigenvalue weighted by molar-refractivity contribution is -0.134. The molecule has 0 aromatic carbocycles. The van der Waals surface area contributed by atoms with Crippen molar-refractivity contribution in [1.29, 1.82) is 0 Å². The molecule has 2 aromatic rings. The highest BCUT2D eigenvalue weighted by Crippen LogP contribution is 2.66. The van der Waals surface area contributed by atoms with Crippen LogP contribution in [0.15, 0.2) is 17.5 Å². The number of aryl methyl sites for hydroxylation is 1. The molecule has 0 radical (unpaired) electrons. The summed E-state index contributed by atoms with van der Waals surface area (Å²) in [7, 11) is 1.88. The van der Waals surface area contributed by atoms with E-state index < -0.39 is 0 Å². The van der Waals surface area contributed by atoms with Crippen LogP contribution in [0.25, 0.3) is 0 Å². The number of amides is 1. The van der Waals surface area contributed by atoms with Crippen LogP contribution in [0, 0.1) is 12.3 Å². The van der Waals surface area contributed by atoms with Gasteiger partial charge in [-0.1, -0.05) is 24.4 Å². The molecule has 0 N–H and O–H groups in total. The van der Waals surface area contributed by atoms with Crippen molar-refractivity contribution in [2.45, 2.75) is 39.2 Å². The monoisotopic (exact) mass is 321 g/mol. The van der Waals surface area contributed by atoms with Crippen molar-refractivity contribution in [2.24, 2.45) is 5.41 Å². The normalized spacial score (nSPS) is 23.0. The second-order valence-electron chi connectivity index (χ2n) is 6.39. The van der Waals surface area contributed by atoms with Gasteiger partial charge < -0.3 is 4.90 Å². The van der Waals surface area contributed by atoms with Gasteiger partial charge in [-0.2, -0.15) is 0 Å². The largest absolute Gasteiger partial charge is 0.340 e. The predicted molar refractivity (Wildman–Crippen MR) is 85.5 cm³/mol. The van der Waals surface area contributed by atoms with Crippen LogP contribution in [-0.2, 0) is 16.8 Å². The summed E-state index contributed by atoms with van der Waals surface area (Å²) >= 11 is 3.05. The lowest BCUT2D eigenvalue weighted by Crippen LogP contribution is -2.38. The molecule has 1 amide bonds. The Bertz CT molecular complexity index is 662. The fourth-order valence-electron chi connectivity index (χ4n) is 3.04. The SMILES string of the molecule is Cc1nnsc1CN(C)C(=O)[C@@]1(c2cccs2)CC1(C)C. The van der Waals surface area contributed by atoms with Crippen LogP contribution in [0.1, 0.15) is 35.7 Å². The van der Waals surface area contributed by atoms with Gasteiger partial charge in [0.1, 0.15) is 0 Å². The van der Waals surface area contributed by atoms with E-state index in [1.807, 2.05) is 24.9 Å². The smallest absolute Gasteiger partial charge is 0.234 e. The average molecular weight is 321 g/mol. The van der Waals surface area contributed by atoms with Gasteiger partial charge in [-0.15, -0.1) is 16.4 Å². The van der Waals surface area contributed by atoms with Gasteiger partial charge >= 0.3 is 0 Å². The molecule has 3 rings (SSSR count). The summed E-state index contributed by atoms with van der Waals surface area (Å²) in [6, 6.07) is 4.12. The molecule has 0 aliphatic heterocycles. The molecule has 1 aliphatic carbocycles. The van der Waals surface area contributed by atoms with Crippen molar-refractivity contribution in [3.8, 4) is 0 Å². The summed E-state index contributed by atoms with van der Waals surface area (Å²) in [5, 5.41) is 6.07. The number of aromatic nitrogens is 2. The zero-order chi connectivity index (χ0) is 15.3. The number of carbonyl (C=O) groups is 1. The van der Waals surface area contributed by atoms with Gasteiger partial charge in [-0.3, -0.25) is 4.79 Å². The number of carbonyl (C=O) groups excluding carboxylic acids is 1. The first-order valence-corrected chi connectivity index (χ1v) is 8.61. The van der Waals surface area contributed by atoms with E-state index >= 15 is 0 Å². The maximum absolute atomic E-state index is 13.1. The van der Waals surface area contributed by atoms with Gasteiger partial charge in [0.05, 0.1) is 22.5 Å². The van der Waals surface area contributed by atoms with E-state index in [4.69, 9.17) is 0 Å². The summed E-state index contributed by atoms with van der Waals surface area (Å²) in [5.41, 5.74) is 0.603. The van der Waals surface area contributed by atoms with Crippen LogP contribution in [-0.4, -0.2) is 27.4 Å². The van der Waals surface area contributed by atoms with Gasteiger partial charge in [0.15, 0.2) is 0 Å². The van der Waals surface area contributed by atoms with E-state index in [0.29, 0.717) is 6.54 Å². The van der Waals surface area contributed by atoms with E-state index in [1.54, 1.807) is 11.3 Å². The van der Waals surface area contributed by atoms with E-state index in [1.165, 1.54) is 16.4 Å². The molecule has 1 aliphatic rings. The first-order chi connectivity index (χ1) is 9.88. The highest BCUT2D eigenvalue weighted by atomic mass is 32.1. The summed E-state index contributed by atoms with van der Waals surface area (Å²) in [6.07, 6.45) is 0.920. The van der Waals surface area contributed by atoms with Crippen LogP contribution in [0.4, 0.5) is 0 Å². The minimum absolute atomic E-state index is 0.0319. The number of likely N-dealkylation sites (N-methyl/N-ethyl adjacent to an activating group) is 1. The van der Waals surface area contributed by atoms with Crippen molar-refractivity contribution in [2.75, 3.05) is 7.05 Å². The maximum atomic E-state index is 13.1. The van der Waals surface area contributed by atoms with Crippen LogP contribution in [0.2, 0.25) is 0 Å². The maximum Gasteiger partial charge on any atom is 0.234 e. The average Bonchev–Trinajstić information content (AvgIpc) is 2.87. The Hall–Kier alpha value is -1.27. The molecule has 0 unspecified atom stereocenters. The summed E-state index contributed by atoms with van der Waals surface area (Å²) < 4.78 is 3.95. The van der Waals surface area contributed by atoms with Crippen molar-refractivity contribution in [3.63, 3.8) is 0 Å². The van der Waals surface area contributed by atoms with Crippen LogP contribution >= 0.6 is 22.9 Å². The zero-order valence-corrected chi connectivity index (χ0v) is 14.3. The molecular weight excluding hydrogens is 302 g/mol. The van der Waals surface area contributed by atoms with Gasteiger partial charge in [0.25, 0.3) is 0 Å². The minimum Gasteiger partial charge on any atom is -0.340 e. The van der Waals surface area contributed by atoms with Gasteiger partial charge in [-0.05, 0) is 41.7 Å². The van der Waals surface area contributed by atoms with Crippen LogP contribution in [0.3, 0.4) is 0 Å². The molecule has 1 saturated carbocycles.